The topological polar surface area (TPSA) is 77.8 Å². The summed E-state index contributed by atoms with van der Waals surface area (Å²) < 4.78 is 5.18. The van der Waals surface area contributed by atoms with Gasteiger partial charge in [-0.25, -0.2) is 0 Å². The smallest absolute Gasteiger partial charge is 0.243 e. The maximum Gasteiger partial charge on any atom is 0.243 e. The van der Waals surface area contributed by atoms with Crippen LogP contribution in [-0.2, 0) is 0 Å². The third-order valence-corrected chi connectivity index (χ3v) is 2.62. The molecule has 0 aliphatic carbocycles. The van der Waals surface area contributed by atoms with E-state index >= 15 is 0 Å². The van der Waals surface area contributed by atoms with Gasteiger partial charge < -0.3 is 10.3 Å². The van der Waals surface area contributed by atoms with Crippen LogP contribution in [0.4, 0.5) is 0 Å². The molecule has 0 radical (unpaired) electrons. The van der Waals surface area contributed by atoms with Gasteiger partial charge in [-0.2, -0.15) is 4.98 Å². The first-order valence-electron chi connectivity index (χ1n) is 5.72. The van der Waals surface area contributed by atoms with Gasteiger partial charge in [-0.1, -0.05) is 18.5 Å². The molecule has 5 heteroatoms. The molecule has 0 saturated carbocycles. The molecular formula is C12H16N4O. The molecular weight excluding hydrogens is 216 g/mol. The standard InChI is InChI=1S/C12H16N4O/c1-3-4-10(13)12-15-11(16-17-12)9-5-6-14-7-8(9)2/h5-7,10H,3-4,13H2,1-2H3/t10-/m0/s1. The van der Waals surface area contributed by atoms with Crippen LogP contribution >= 0.6 is 0 Å². The van der Waals surface area contributed by atoms with Gasteiger partial charge in [0.2, 0.25) is 11.7 Å². The van der Waals surface area contributed by atoms with Crippen LogP contribution in [0.15, 0.2) is 23.0 Å². The van der Waals surface area contributed by atoms with Crippen molar-refractivity contribution in [3.05, 3.63) is 29.9 Å². The summed E-state index contributed by atoms with van der Waals surface area (Å²) in [5.41, 5.74) is 7.87. The predicted molar refractivity (Wildman–Crippen MR) is 64.1 cm³/mol. The molecule has 5 nitrogen and oxygen atoms in total. The molecule has 2 heterocycles. The molecule has 0 amide bonds. The van der Waals surface area contributed by atoms with E-state index in [9.17, 15) is 0 Å². The SMILES string of the molecule is CCC[C@H](N)c1nc(-c2ccncc2C)no1. The van der Waals surface area contributed by atoms with E-state index in [1.165, 1.54) is 0 Å². The highest BCUT2D eigenvalue weighted by molar-refractivity contribution is 5.57. The van der Waals surface area contributed by atoms with Crippen LogP contribution in [0.5, 0.6) is 0 Å². The van der Waals surface area contributed by atoms with E-state index in [0.717, 1.165) is 24.0 Å². The summed E-state index contributed by atoms with van der Waals surface area (Å²) in [7, 11) is 0. The third-order valence-electron chi connectivity index (χ3n) is 2.62. The van der Waals surface area contributed by atoms with Crippen LogP contribution in [0.1, 0.15) is 37.3 Å². The van der Waals surface area contributed by atoms with Crippen molar-refractivity contribution in [3.63, 3.8) is 0 Å². The van der Waals surface area contributed by atoms with Crippen molar-refractivity contribution in [2.24, 2.45) is 5.73 Å². The lowest BCUT2D eigenvalue weighted by atomic mass is 10.1. The number of aromatic nitrogens is 3. The van der Waals surface area contributed by atoms with Crippen molar-refractivity contribution in [1.82, 2.24) is 15.1 Å². The van der Waals surface area contributed by atoms with E-state index in [1.54, 1.807) is 12.4 Å². The minimum Gasteiger partial charge on any atom is -0.337 e. The van der Waals surface area contributed by atoms with E-state index in [4.69, 9.17) is 10.3 Å². The van der Waals surface area contributed by atoms with Crippen LogP contribution in [0.3, 0.4) is 0 Å². The number of nitrogens with two attached hydrogens (primary N) is 1. The Balaban J connectivity index is 2.27. The second-order valence-corrected chi connectivity index (χ2v) is 4.04. The summed E-state index contributed by atoms with van der Waals surface area (Å²) in [6.45, 7) is 4.04. The van der Waals surface area contributed by atoms with E-state index in [-0.39, 0.29) is 6.04 Å². The Labute approximate surface area is 100 Å². The van der Waals surface area contributed by atoms with Gasteiger partial charge in [0.05, 0.1) is 6.04 Å². The summed E-state index contributed by atoms with van der Waals surface area (Å²) in [4.78, 5) is 8.36. The highest BCUT2D eigenvalue weighted by Crippen LogP contribution is 2.21. The number of aryl methyl sites for hydroxylation is 1. The molecule has 0 spiro atoms. The Hall–Kier alpha value is -1.75. The Morgan fingerprint density at radius 3 is 3.00 bits per heavy atom. The molecule has 1 atom stereocenters. The van der Waals surface area contributed by atoms with Crippen molar-refractivity contribution in [2.75, 3.05) is 0 Å². The minimum atomic E-state index is -0.177. The van der Waals surface area contributed by atoms with Gasteiger partial charge in [0.25, 0.3) is 0 Å². The van der Waals surface area contributed by atoms with Crippen LogP contribution < -0.4 is 5.73 Å². The first kappa shape index (κ1) is 11.7. The van der Waals surface area contributed by atoms with Crippen LogP contribution in [0.25, 0.3) is 11.4 Å². The molecule has 0 fully saturated rings. The van der Waals surface area contributed by atoms with E-state index in [2.05, 4.69) is 22.0 Å². The van der Waals surface area contributed by atoms with Gasteiger partial charge in [0, 0.05) is 18.0 Å². The molecule has 0 unspecified atom stereocenters. The normalized spacial score (nSPS) is 12.6. The van der Waals surface area contributed by atoms with E-state index < -0.39 is 0 Å². The van der Waals surface area contributed by atoms with Gasteiger partial charge in [-0.15, -0.1) is 0 Å². The van der Waals surface area contributed by atoms with Crippen molar-refractivity contribution in [2.45, 2.75) is 32.7 Å². The molecule has 0 aliphatic heterocycles. The van der Waals surface area contributed by atoms with E-state index in [1.807, 2.05) is 13.0 Å². The molecule has 0 aromatic carbocycles. The summed E-state index contributed by atoms with van der Waals surface area (Å²) in [6, 6.07) is 1.69. The molecule has 2 N–H and O–H groups in total. The van der Waals surface area contributed by atoms with Crippen LogP contribution in [0.2, 0.25) is 0 Å². The number of hydrogen-bond donors (Lipinski definition) is 1. The predicted octanol–water partition coefficient (Wildman–Crippen LogP) is 2.24. The summed E-state index contributed by atoms with van der Waals surface area (Å²) in [5.74, 6) is 1.07. The van der Waals surface area contributed by atoms with Crippen LogP contribution in [0, 0.1) is 6.92 Å². The molecule has 2 rings (SSSR count). The number of pyridine rings is 1. The summed E-state index contributed by atoms with van der Waals surface area (Å²) >= 11 is 0. The van der Waals surface area contributed by atoms with Gasteiger partial charge in [-0.3, -0.25) is 4.98 Å². The molecule has 90 valence electrons. The Kier molecular flexibility index (Phi) is 3.49. The molecule has 2 aromatic heterocycles. The van der Waals surface area contributed by atoms with Gasteiger partial charge in [-0.05, 0) is 25.0 Å². The monoisotopic (exact) mass is 232 g/mol. The maximum atomic E-state index is 5.93. The van der Waals surface area contributed by atoms with Crippen molar-refractivity contribution in [3.8, 4) is 11.4 Å². The average molecular weight is 232 g/mol. The molecule has 17 heavy (non-hydrogen) atoms. The van der Waals surface area contributed by atoms with Gasteiger partial charge in [0.15, 0.2) is 0 Å². The molecule has 0 saturated heterocycles. The number of nitrogens with zero attached hydrogens (tertiary/aromatic N) is 3. The van der Waals surface area contributed by atoms with Gasteiger partial charge >= 0.3 is 0 Å². The summed E-state index contributed by atoms with van der Waals surface area (Å²) in [5, 5.41) is 3.96. The zero-order chi connectivity index (χ0) is 12.3. The lowest BCUT2D eigenvalue weighted by Crippen LogP contribution is -2.09. The fraction of sp³-hybridized carbons (Fsp3) is 0.417. The fourth-order valence-corrected chi connectivity index (χ4v) is 1.65. The molecule has 0 aliphatic rings. The lowest BCUT2D eigenvalue weighted by Gasteiger charge is -2.02. The van der Waals surface area contributed by atoms with E-state index in [0.29, 0.717) is 11.7 Å². The second-order valence-electron chi connectivity index (χ2n) is 4.04. The number of rotatable bonds is 4. The third kappa shape index (κ3) is 2.50. The second kappa shape index (κ2) is 5.05. The Morgan fingerprint density at radius 2 is 2.29 bits per heavy atom. The van der Waals surface area contributed by atoms with Crippen molar-refractivity contribution >= 4 is 0 Å². The zero-order valence-corrected chi connectivity index (χ0v) is 10.1. The quantitative estimate of drug-likeness (QED) is 0.874. The summed E-state index contributed by atoms with van der Waals surface area (Å²) in [6.07, 6.45) is 5.33. The number of hydrogen-bond acceptors (Lipinski definition) is 5. The maximum absolute atomic E-state index is 5.93. The highest BCUT2D eigenvalue weighted by atomic mass is 16.5. The minimum absolute atomic E-state index is 0.177. The first-order valence-corrected chi connectivity index (χ1v) is 5.72. The molecule has 2 aromatic rings. The highest BCUT2D eigenvalue weighted by Gasteiger charge is 2.15. The first-order chi connectivity index (χ1) is 8.22. The van der Waals surface area contributed by atoms with Crippen molar-refractivity contribution in [1.29, 1.82) is 0 Å². The molecule has 0 bridgehead atoms. The van der Waals surface area contributed by atoms with Crippen molar-refractivity contribution < 1.29 is 4.52 Å². The average Bonchev–Trinajstić information content (AvgIpc) is 2.79. The van der Waals surface area contributed by atoms with Gasteiger partial charge in [0.1, 0.15) is 0 Å². The Morgan fingerprint density at radius 1 is 1.47 bits per heavy atom. The van der Waals surface area contributed by atoms with Crippen LogP contribution in [-0.4, -0.2) is 15.1 Å². The largest absolute Gasteiger partial charge is 0.337 e. The zero-order valence-electron chi connectivity index (χ0n) is 10.1. The Bertz CT molecular complexity index is 495. The lowest BCUT2D eigenvalue weighted by molar-refractivity contribution is 0.348. The fourth-order valence-electron chi connectivity index (χ4n) is 1.65.